The standard InChI is InChI=1S/C33H33N5O4S/c39-32(35-20-10-18-28-22-34-24-36-28)29-19-11-21-38(29)33(40)31(37-43(41,42)23-25-12-4-1-5-13-25)30(26-14-6-2-7-15-26)27-16-8-3-9-17-27/h1-9,12-17,22,24,29-31,37H,11,19-21,23H2,(H,34,36)(H,35,39)/t29-,31+/m0/s1. The summed E-state index contributed by atoms with van der Waals surface area (Å²) in [7, 11) is -3.97. The first-order valence-electron chi connectivity index (χ1n) is 14.1. The molecule has 1 aliphatic rings. The van der Waals surface area contributed by atoms with E-state index in [-0.39, 0.29) is 18.2 Å². The van der Waals surface area contributed by atoms with Crippen LogP contribution in [-0.2, 0) is 25.4 Å². The van der Waals surface area contributed by atoms with Crippen LogP contribution in [0.2, 0.25) is 0 Å². The molecule has 0 radical (unpaired) electrons. The molecule has 2 atom stereocenters. The third-order valence-corrected chi connectivity index (χ3v) is 8.66. The van der Waals surface area contributed by atoms with E-state index in [0.29, 0.717) is 30.6 Å². The molecule has 1 aliphatic heterocycles. The molecule has 5 rings (SSSR count). The Morgan fingerprint density at radius 2 is 1.58 bits per heavy atom. The van der Waals surface area contributed by atoms with Gasteiger partial charge in [-0.2, -0.15) is 0 Å². The Balaban J connectivity index is 1.44. The van der Waals surface area contributed by atoms with Gasteiger partial charge in [-0.3, -0.25) is 9.59 Å². The lowest BCUT2D eigenvalue weighted by Gasteiger charge is -2.33. The van der Waals surface area contributed by atoms with E-state index < -0.39 is 33.9 Å². The average Bonchev–Trinajstić information content (AvgIpc) is 3.73. The molecular formula is C33H33N5O4S. The number of hydrogen-bond donors (Lipinski definition) is 3. The first-order chi connectivity index (χ1) is 20.9. The van der Waals surface area contributed by atoms with Crippen molar-refractivity contribution < 1.29 is 18.0 Å². The normalized spacial score (nSPS) is 15.5. The molecule has 9 nitrogen and oxygen atoms in total. The average molecular weight is 596 g/mol. The van der Waals surface area contributed by atoms with Crippen LogP contribution >= 0.6 is 0 Å². The Kier molecular flexibility index (Phi) is 9.66. The molecule has 2 heterocycles. The van der Waals surface area contributed by atoms with E-state index in [2.05, 4.69) is 31.8 Å². The molecule has 0 aliphatic carbocycles. The van der Waals surface area contributed by atoms with Crippen LogP contribution in [0, 0.1) is 11.8 Å². The van der Waals surface area contributed by atoms with Gasteiger partial charge in [0.05, 0.1) is 24.8 Å². The summed E-state index contributed by atoms with van der Waals surface area (Å²) in [6, 6.07) is 25.6. The second-order valence-corrected chi connectivity index (χ2v) is 12.1. The number of aromatic amines is 1. The first kappa shape index (κ1) is 29.8. The second kappa shape index (κ2) is 14.0. The monoisotopic (exact) mass is 595 g/mol. The third kappa shape index (κ3) is 7.77. The lowest BCUT2D eigenvalue weighted by molar-refractivity contribution is -0.139. The fourth-order valence-electron chi connectivity index (χ4n) is 5.38. The molecule has 0 saturated carbocycles. The minimum Gasteiger partial charge on any atom is -0.343 e. The van der Waals surface area contributed by atoms with E-state index in [9.17, 15) is 18.0 Å². The van der Waals surface area contributed by atoms with Crippen molar-refractivity contribution in [1.29, 1.82) is 0 Å². The predicted molar refractivity (Wildman–Crippen MR) is 164 cm³/mol. The molecule has 0 spiro atoms. The molecule has 0 unspecified atom stereocenters. The van der Waals surface area contributed by atoms with E-state index in [4.69, 9.17) is 0 Å². The molecule has 3 aromatic carbocycles. The van der Waals surface area contributed by atoms with Gasteiger partial charge >= 0.3 is 0 Å². The summed E-state index contributed by atoms with van der Waals surface area (Å²) < 4.78 is 30.0. The Hall–Kier alpha value is -4.72. The number of imidazole rings is 1. The van der Waals surface area contributed by atoms with Gasteiger partial charge in [-0.15, -0.1) is 0 Å². The van der Waals surface area contributed by atoms with Crippen LogP contribution in [0.4, 0.5) is 0 Å². The number of carbonyl (C=O) groups excluding carboxylic acids is 2. The Bertz CT molecular complexity index is 1630. The maximum atomic E-state index is 14.4. The quantitative estimate of drug-likeness (QED) is 0.243. The van der Waals surface area contributed by atoms with Gasteiger partial charge in [0.25, 0.3) is 0 Å². The second-order valence-electron chi connectivity index (χ2n) is 10.3. The summed E-state index contributed by atoms with van der Waals surface area (Å²) in [5, 5.41) is 2.80. The van der Waals surface area contributed by atoms with Crippen molar-refractivity contribution >= 4 is 21.8 Å². The molecule has 0 bridgehead atoms. The van der Waals surface area contributed by atoms with Crippen molar-refractivity contribution in [2.75, 3.05) is 13.1 Å². The summed E-state index contributed by atoms with van der Waals surface area (Å²) in [6.07, 6.45) is 4.19. The van der Waals surface area contributed by atoms with Crippen molar-refractivity contribution in [3.05, 3.63) is 126 Å². The number of aromatic nitrogens is 2. The molecule has 43 heavy (non-hydrogen) atoms. The Morgan fingerprint density at radius 1 is 0.953 bits per heavy atom. The van der Waals surface area contributed by atoms with Gasteiger partial charge < -0.3 is 15.2 Å². The summed E-state index contributed by atoms with van der Waals surface area (Å²) in [4.78, 5) is 36.0. The highest BCUT2D eigenvalue weighted by Gasteiger charge is 2.42. The van der Waals surface area contributed by atoms with Gasteiger partial charge in [-0.05, 0) is 35.5 Å². The number of nitrogens with one attached hydrogen (secondary N) is 3. The highest BCUT2D eigenvalue weighted by molar-refractivity contribution is 7.88. The van der Waals surface area contributed by atoms with Crippen LogP contribution < -0.4 is 10.0 Å². The summed E-state index contributed by atoms with van der Waals surface area (Å²) in [5.41, 5.74) is 2.80. The summed E-state index contributed by atoms with van der Waals surface area (Å²) in [5.74, 6) is 4.06. The molecule has 2 amide bonds. The number of likely N-dealkylation sites (tertiary alicyclic amines) is 1. The van der Waals surface area contributed by atoms with E-state index in [1.807, 2.05) is 66.7 Å². The first-order valence-corrected chi connectivity index (χ1v) is 15.8. The highest BCUT2D eigenvalue weighted by Crippen LogP contribution is 2.31. The molecule has 1 saturated heterocycles. The molecule has 1 aromatic heterocycles. The lowest BCUT2D eigenvalue weighted by atomic mass is 9.84. The fourth-order valence-corrected chi connectivity index (χ4v) is 6.72. The molecule has 4 aromatic rings. The molecular weight excluding hydrogens is 562 g/mol. The van der Waals surface area contributed by atoms with Gasteiger partial charge in [0.2, 0.25) is 21.8 Å². The smallest absolute Gasteiger partial charge is 0.243 e. The summed E-state index contributed by atoms with van der Waals surface area (Å²) >= 11 is 0. The Morgan fingerprint density at radius 3 is 2.19 bits per heavy atom. The fraction of sp³-hybridized carbons (Fsp3) is 0.242. The maximum absolute atomic E-state index is 14.4. The topological polar surface area (TPSA) is 124 Å². The zero-order valence-electron chi connectivity index (χ0n) is 23.5. The number of nitrogens with zero attached hydrogens (tertiary/aromatic N) is 2. The molecule has 220 valence electrons. The van der Waals surface area contributed by atoms with E-state index in [0.717, 1.165) is 11.1 Å². The van der Waals surface area contributed by atoms with Crippen LogP contribution in [0.1, 0.15) is 41.1 Å². The van der Waals surface area contributed by atoms with E-state index in [1.54, 1.807) is 30.5 Å². The van der Waals surface area contributed by atoms with Crippen molar-refractivity contribution in [2.24, 2.45) is 0 Å². The van der Waals surface area contributed by atoms with Gasteiger partial charge in [-0.1, -0.05) is 96.9 Å². The van der Waals surface area contributed by atoms with Crippen molar-refractivity contribution in [3.8, 4) is 11.8 Å². The zero-order chi connectivity index (χ0) is 30.1. The number of benzene rings is 3. The minimum atomic E-state index is -3.97. The maximum Gasteiger partial charge on any atom is 0.243 e. The van der Waals surface area contributed by atoms with E-state index >= 15 is 0 Å². The lowest BCUT2D eigenvalue weighted by Crippen LogP contribution is -2.55. The third-order valence-electron chi connectivity index (χ3n) is 7.33. The summed E-state index contributed by atoms with van der Waals surface area (Å²) in [6.45, 7) is 0.435. The highest BCUT2D eigenvalue weighted by atomic mass is 32.2. The number of H-pyrrole nitrogens is 1. The van der Waals surface area contributed by atoms with Gasteiger partial charge in [0.15, 0.2) is 0 Å². The van der Waals surface area contributed by atoms with Crippen LogP contribution in [-0.4, -0.2) is 60.3 Å². The van der Waals surface area contributed by atoms with Crippen molar-refractivity contribution in [3.63, 3.8) is 0 Å². The number of carbonyl (C=O) groups is 2. The van der Waals surface area contributed by atoms with Crippen LogP contribution in [0.15, 0.2) is 104 Å². The number of sulfonamides is 1. The number of hydrogen-bond acceptors (Lipinski definition) is 5. The number of rotatable bonds is 10. The van der Waals surface area contributed by atoms with Crippen LogP contribution in [0.5, 0.6) is 0 Å². The molecule has 10 heteroatoms. The zero-order valence-corrected chi connectivity index (χ0v) is 24.3. The SMILES string of the molecule is O=C(NCC#Cc1cnc[nH]1)[C@@H]1CCCN1C(=O)[C@H](NS(=O)(=O)Cc1ccccc1)C(c1ccccc1)c1ccccc1. The van der Waals surface area contributed by atoms with Crippen LogP contribution in [0.25, 0.3) is 0 Å². The van der Waals surface area contributed by atoms with Crippen molar-refractivity contribution in [2.45, 2.75) is 36.6 Å². The molecule has 3 N–H and O–H groups in total. The predicted octanol–water partition coefficient (Wildman–Crippen LogP) is 3.19. The van der Waals surface area contributed by atoms with Gasteiger partial charge in [-0.25, -0.2) is 18.1 Å². The van der Waals surface area contributed by atoms with Gasteiger partial charge in [0.1, 0.15) is 17.8 Å². The minimum absolute atomic E-state index is 0.0974. The number of amides is 2. The molecule has 1 fully saturated rings. The largest absolute Gasteiger partial charge is 0.343 e. The van der Waals surface area contributed by atoms with Gasteiger partial charge in [0, 0.05) is 12.5 Å². The van der Waals surface area contributed by atoms with Crippen molar-refractivity contribution in [1.82, 2.24) is 24.9 Å². The van der Waals surface area contributed by atoms with E-state index in [1.165, 1.54) is 11.2 Å². The van der Waals surface area contributed by atoms with Crippen LogP contribution in [0.3, 0.4) is 0 Å². The Labute approximate surface area is 251 Å².